The molecule has 3 unspecified atom stereocenters. The highest BCUT2D eigenvalue weighted by molar-refractivity contribution is 7.83. The minimum Gasteiger partial charge on any atom is -0.449 e. The zero-order valence-electron chi connectivity index (χ0n) is 15.2. The maximum absolute atomic E-state index is 12.7. The summed E-state index contributed by atoms with van der Waals surface area (Å²) in [6.07, 6.45) is 4.89. The topological polar surface area (TPSA) is 63.7 Å². The Morgan fingerprint density at radius 1 is 1.36 bits per heavy atom. The van der Waals surface area contributed by atoms with E-state index >= 15 is 0 Å². The van der Waals surface area contributed by atoms with E-state index in [-0.39, 0.29) is 11.9 Å². The van der Waals surface area contributed by atoms with Crippen molar-refractivity contribution in [3.05, 3.63) is 35.4 Å². The minimum atomic E-state index is -0.978. The molecule has 1 aromatic rings. The Hall–Kier alpha value is -1.69. The Morgan fingerprint density at radius 3 is 2.80 bits per heavy atom. The van der Waals surface area contributed by atoms with Crippen molar-refractivity contribution < 1.29 is 18.5 Å². The van der Waals surface area contributed by atoms with Crippen LogP contribution in [0.4, 0.5) is 0 Å². The highest BCUT2D eigenvalue weighted by Gasteiger charge is 2.30. The number of piperidine rings is 1. The average molecular weight is 365 g/mol. The van der Waals surface area contributed by atoms with Crippen LogP contribution in [0.15, 0.2) is 24.3 Å². The molecule has 0 radical (unpaired) electrons. The molecule has 25 heavy (non-hydrogen) atoms. The maximum Gasteiger partial charge on any atom is 0.338 e. The largest absolute Gasteiger partial charge is 0.449 e. The van der Waals surface area contributed by atoms with E-state index in [9.17, 15) is 13.8 Å². The summed E-state index contributed by atoms with van der Waals surface area (Å²) < 4.78 is 16.7. The number of benzene rings is 1. The third-order valence-corrected chi connectivity index (χ3v) is 5.29. The SMILES string of the molecule is CCC1CCCCN1C(=O)C(C)OC(=O)c1cccc(CS(C)=O)c1. The van der Waals surface area contributed by atoms with E-state index in [1.165, 1.54) is 0 Å². The van der Waals surface area contributed by atoms with Gasteiger partial charge in [0.25, 0.3) is 5.91 Å². The first-order valence-electron chi connectivity index (χ1n) is 8.82. The lowest BCUT2D eigenvalue weighted by molar-refractivity contribution is -0.143. The molecule has 1 aromatic carbocycles. The van der Waals surface area contributed by atoms with Gasteiger partial charge in [-0.3, -0.25) is 9.00 Å². The molecule has 0 saturated carbocycles. The third-order valence-electron chi connectivity index (χ3n) is 4.55. The number of nitrogens with zero attached hydrogens (tertiary/aromatic N) is 1. The van der Waals surface area contributed by atoms with Crippen molar-refractivity contribution in [1.82, 2.24) is 4.90 Å². The van der Waals surface area contributed by atoms with Crippen molar-refractivity contribution in [1.29, 1.82) is 0 Å². The van der Waals surface area contributed by atoms with E-state index < -0.39 is 22.9 Å². The standard InChI is InChI=1S/C19H27NO4S/c1-4-17-10-5-6-11-20(17)18(21)14(2)24-19(22)16-9-7-8-15(12-16)13-25(3)23/h7-9,12,14,17H,4-6,10-11,13H2,1-3H3. The normalized spacial score (nSPS) is 20.0. The predicted octanol–water partition coefficient (Wildman–Crippen LogP) is 2.90. The molecule has 0 aliphatic carbocycles. The molecule has 1 aliphatic heterocycles. The van der Waals surface area contributed by atoms with Gasteiger partial charge in [-0.15, -0.1) is 0 Å². The minimum absolute atomic E-state index is 0.120. The van der Waals surface area contributed by atoms with Crippen LogP contribution in [0.3, 0.4) is 0 Å². The summed E-state index contributed by atoms with van der Waals surface area (Å²) >= 11 is 0. The summed E-state index contributed by atoms with van der Waals surface area (Å²) in [5.41, 5.74) is 1.20. The number of likely N-dealkylation sites (tertiary alicyclic amines) is 1. The van der Waals surface area contributed by atoms with Crippen LogP contribution in [0.2, 0.25) is 0 Å². The summed E-state index contributed by atoms with van der Waals surface area (Å²) in [5.74, 6) is -0.248. The molecular weight excluding hydrogens is 338 g/mol. The van der Waals surface area contributed by atoms with Crippen molar-refractivity contribution >= 4 is 22.7 Å². The second kappa shape index (κ2) is 9.13. The van der Waals surface area contributed by atoms with Crippen molar-refractivity contribution in [2.45, 2.75) is 57.4 Å². The Kier molecular flexibility index (Phi) is 7.17. The number of ether oxygens (including phenoxy) is 1. The molecular formula is C19H27NO4S. The van der Waals surface area contributed by atoms with Gasteiger partial charge in [0.1, 0.15) is 0 Å². The molecule has 3 atom stereocenters. The number of carbonyl (C=O) groups excluding carboxylic acids is 2. The van der Waals surface area contributed by atoms with Gasteiger partial charge < -0.3 is 9.64 Å². The summed E-state index contributed by atoms with van der Waals surface area (Å²) in [4.78, 5) is 26.9. The van der Waals surface area contributed by atoms with Gasteiger partial charge in [0.15, 0.2) is 6.10 Å². The molecule has 0 spiro atoms. The number of amides is 1. The molecule has 2 rings (SSSR count). The predicted molar refractivity (Wildman–Crippen MR) is 98.7 cm³/mol. The van der Waals surface area contributed by atoms with E-state index in [0.29, 0.717) is 11.3 Å². The fraction of sp³-hybridized carbons (Fsp3) is 0.579. The van der Waals surface area contributed by atoms with Crippen molar-refractivity contribution in [2.75, 3.05) is 12.8 Å². The number of rotatable bonds is 6. The summed E-state index contributed by atoms with van der Waals surface area (Å²) in [6.45, 7) is 4.44. The van der Waals surface area contributed by atoms with Crippen molar-refractivity contribution in [3.63, 3.8) is 0 Å². The van der Waals surface area contributed by atoms with Gasteiger partial charge in [-0.25, -0.2) is 4.79 Å². The molecule has 6 heteroatoms. The average Bonchev–Trinajstić information content (AvgIpc) is 2.60. The Bertz CT molecular complexity index is 646. The summed E-state index contributed by atoms with van der Waals surface area (Å²) in [7, 11) is -0.978. The van der Waals surface area contributed by atoms with Crippen LogP contribution in [0, 0.1) is 0 Å². The van der Waals surface area contributed by atoms with Crippen LogP contribution in [0.1, 0.15) is 55.5 Å². The van der Waals surface area contributed by atoms with Crippen LogP contribution in [0.25, 0.3) is 0 Å². The van der Waals surface area contributed by atoms with Crippen LogP contribution in [-0.2, 0) is 26.1 Å². The first-order chi connectivity index (χ1) is 11.9. The lowest BCUT2D eigenvalue weighted by Gasteiger charge is -2.36. The summed E-state index contributed by atoms with van der Waals surface area (Å²) in [5, 5.41) is 0. The molecule has 1 saturated heterocycles. The molecule has 1 heterocycles. The molecule has 0 N–H and O–H groups in total. The van der Waals surface area contributed by atoms with E-state index in [4.69, 9.17) is 4.74 Å². The first-order valence-corrected chi connectivity index (χ1v) is 10.6. The zero-order valence-corrected chi connectivity index (χ0v) is 16.0. The molecule has 1 aliphatic rings. The molecule has 1 fully saturated rings. The van der Waals surface area contributed by atoms with E-state index in [1.54, 1.807) is 31.4 Å². The number of carbonyl (C=O) groups is 2. The van der Waals surface area contributed by atoms with Crippen LogP contribution in [-0.4, -0.2) is 45.9 Å². The van der Waals surface area contributed by atoms with Gasteiger partial charge in [0.2, 0.25) is 0 Å². The van der Waals surface area contributed by atoms with E-state index in [0.717, 1.165) is 37.8 Å². The van der Waals surface area contributed by atoms with Gasteiger partial charge in [0, 0.05) is 35.4 Å². The van der Waals surface area contributed by atoms with E-state index in [1.807, 2.05) is 11.0 Å². The van der Waals surface area contributed by atoms with Crippen molar-refractivity contribution in [2.24, 2.45) is 0 Å². The molecule has 138 valence electrons. The highest BCUT2D eigenvalue weighted by atomic mass is 32.2. The Labute approximate surface area is 152 Å². The van der Waals surface area contributed by atoms with Gasteiger partial charge in [-0.2, -0.15) is 0 Å². The maximum atomic E-state index is 12.7. The third kappa shape index (κ3) is 5.39. The monoisotopic (exact) mass is 365 g/mol. The van der Waals surface area contributed by atoms with Crippen molar-refractivity contribution in [3.8, 4) is 0 Å². The highest BCUT2D eigenvalue weighted by Crippen LogP contribution is 2.21. The van der Waals surface area contributed by atoms with Gasteiger partial charge in [0.05, 0.1) is 5.56 Å². The first kappa shape index (κ1) is 19.6. The number of hydrogen-bond donors (Lipinski definition) is 0. The number of hydrogen-bond acceptors (Lipinski definition) is 4. The zero-order chi connectivity index (χ0) is 18.4. The molecule has 1 amide bonds. The molecule has 0 aromatic heterocycles. The van der Waals surface area contributed by atoms with Gasteiger partial charge in [-0.1, -0.05) is 19.1 Å². The lowest BCUT2D eigenvalue weighted by Crippen LogP contribution is -2.48. The molecule has 0 bridgehead atoms. The Balaban J connectivity index is 2.01. The second-order valence-electron chi connectivity index (χ2n) is 6.55. The van der Waals surface area contributed by atoms with Crippen LogP contribution < -0.4 is 0 Å². The second-order valence-corrected chi connectivity index (χ2v) is 7.99. The summed E-state index contributed by atoms with van der Waals surface area (Å²) in [6, 6.07) is 7.13. The Morgan fingerprint density at radius 2 is 2.12 bits per heavy atom. The van der Waals surface area contributed by atoms with Crippen LogP contribution >= 0.6 is 0 Å². The smallest absolute Gasteiger partial charge is 0.338 e. The lowest BCUT2D eigenvalue weighted by atomic mass is 9.99. The number of esters is 1. The van der Waals surface area contributed by atoms with Crippen LogP contribution in [0.5, 0.6) is 0 Å². The molecule has 5 nitrogen and oxygen atoms in total. The fourth-order valence-electron chi connectivity index (χ4n) is 3.25. The van der Waals surface area contributed by atoms with Gasteiger partial charge >= 0.3 is 5.97 Å². The fourth-order valence-corrected chi connectivity index (χ4v) is 3.90. The van der Waals surface area contributed by atoms with E-state index in [2.05, 4.69) is 6.92 Å². The quantitative estimate of drug-likeness (QED) is 0.727. The van der Waals surface area contributed by atoms with Gasteiger partial charge in [-0.05, 0) is 50.3 Å².